The number of benzene rings is 1. The second-order valence-corrected chi connectivity index (χ2v) is 3.43. The van der Waals surface area contributed by atoms with Gasteiger partial charge in [0.25, 0.3) is 5.69 Å². The minimum Gasteiger partial charge on any atom is -0.258 e. The molecular weight excluding hydrogens is 178 g/mol. The van der Waals surface area contributed by atoms with Gasteiger partial charge in [0.2, 0.25) is 0 Å². The molecule has 0 unspecified atom stereocenters. The molecule has 0 aliphatic rings. The molecule has 3 nitrogen and oxygen atoms in total. The zero-order valence-electron chi connectivity index (χ0n) is 8.54. The van der Waals surface area contributed by atoms with E-state index in [1.165, 1.54) is 0 Å². The molecule has 0 aliphatic carbocycles. The van der Waals surface area contributed by atoms with Gasteiger partial charge in [-0.2, -0.15) is 0 Å². The molecule has 0 saturated heterocycles. The van der Waals surface area contributed by atoms with Crippen LogP contribution in [0.25, 0.3) is 0 Å². The largest absolute Gasteiger partial charge is 0.272 e. The van der Waals surface area contributed by atoms with Gasteiger partial charge in [-0.25, -0.2) is 0 Å². The molecule has 0 saturated carbocycles. The first-order valence-electron chi connectivity index (χ1n) is 4.60. The fourth-order valence-corrected chi connectivity index (χ4v) is 1.42. The molecule has 1 rings (SSSR count). The Labute approximate surface area is 83.9 Å². The van der Waals surface area contributed by atoms with Crippen molar-refractivity contribution in [2.45, 2.75) is 26.7 Å². The van der Waals surface area contributed by atoms with E-state index in [4.69, 9.17) is 0 Å². The minimum absolute atomic E-state index is 0.219. The second-order valence-electron chi connectivity index (χ2n) is 3.43. The summed E-state index contributed by atoms with van der Waals surface area (Å²) in [6.07, 6.45) is 1.35. The average Bonchev–Trinajstić information content (AvgIpc) is 2.11. The number of hydrogen-bond acceptors (Lipinski definition) is 2. The predicted octanol–water partition coefficient (Wildman–Crippen LogP) is 2.98. The van der Waals surface area contributed by atoms with Crippen molar-refractivity contribution in [2.75, 3.05) is 0 Å². The summed E-state index contributed by atoms with van der Waals surface area (Å²) in [5.41, 5.74) is 3.06. The van der Waals surface area contributed by atoms with Crippen molar-refractivity contribution in [1.29, 1.82) is 0 Å². The van der Waals surface area contributed by atoms with Crippen LogP contribution in [-0.2, 0) is 6.42 Å². The van der Waals surface area contributed by atoms with Crippen molar-refractivity contribution in [1.82, 2.24) is 0 Å². The summed E-state index contributed by atoms with van der Waals surface area (Å²) < 4.78 is 0. The molecule has 0 aliphatic heterocycles. The van der Waals surface area contributed by atoms with Crippen molar-refractivity contribution in [3.63, 3.8) is 0 Å². The Morgan fingerprint density at radius 1 is 1.36 bits per heavy atom. The lowest BCUT2D eigenvalue weighted by molar-refractivity contribution is -0.385. The second kappa shape index (κ2) is 4.22. The molecule has 1 radical (unpaired) electrons. The summed E-state index contributed by atoms with van der Waals surface area (Å²) in [6.45, 7) is 7.56. The zero-order chi connectivity index (χ0) is 10.7. The summed E-state index contributed by atoms with van der Waals surface area (Å²) >= 11 is 0. The molecule has 1 aromatic rings. The SMILES string of the molecule is [CH2]CCc1cc(C)c(C)cc1[N+](=O)[O-]. The average molecular weight is 192 g/mol. The van der Waals surface area contributed by atoms with Crippen LogP contribution in [0.3, 0.4) is 0 Å². The predicted molar refractivity (Wildman–Crippen MR) is 56.2 cm³/mol. The fraction of sp³-hybridized carbons (Fsp3) is 0.364. The molecule has 1 aromatic carbocycles. The molecule has 0 heterocycles. The van der Waals surface area contributed by atoms with Crippen LogP contribution in [0.4, 0.5) is 5.69 Å². The molecular formula is C11H14NO2. The van der Waals surface area contributed by atoms with Crippen LogP contribution in [-0.4, -0.2) is 4.92 Å². The standard InChI is InChI=1S/C11H14NO2/c1-4-5-10-6-8(2)9(3)7-11(10)12(13)14/h6-7H,1,4-5H2,2-3H3. The maximum atomic E-state index is 10.7. The lowest BCUT2D eigenvalue weighted by Crippen LogP contribution is -1.97. The molecule has 0 atom stereocenters. The van der Waals surface area contributed by atoms with E-state index in [1.807, 2.05) is 19.9 Å². The van der Waals surface area contributed by atoms with Crippen molar-refractivity contribution in [3.05, 3.63) is 45.9 Å². The first-order chi connectivity index (χ1) is 6.56. The summed E-state index contributed by atoms with van der Waals surface area (Å²) in [4.78, 5) is 10.4. The topological polar surface area (TPSA) is 43.1 Å². The van der Waals surface area contributed by atoms with Gasteiger partial charge in [-0.3, -0.25) is 10.1 Å². The summed E-state index contributed by atoms with van der Waals surface area (Å²) in [6, 6.07) is 3.53. The third-order valence-corrected chi connectivity index (χ3v) is 2.34. The van der Waals surface area contributed by atoms with Crippen LogP contribution in [0.1, 0.15) is 23.1 Å². The van der Waals surface area contributed by atoms with E-state index in [2.05, 4.69) is 6.92 Å². The van der Waals surface area contributed by atoms with Crippen molar-refractivity contribution >= 4 is 5.69 Å². The number of nitro groups is 1. The molecule has 0 aromatic heterocycles. The fourth-order valence-electron chi connectivity index (χ4n) is 1.42. The monoisotopic (exact) mass is 192 g/mol. The van der Waals surface area contributed by atoms with E-state index in [1.54, 1.807) is 6.07 Å². The molecule has 75 valence electrons. The smallest absolute Gasteiger partial charge is 0.258 e. The van der Waals surface area contributed by atoms with E-state index < -0.39 is 0 Å². The Bertz CT molecular complexity index is 359. The van der Waals surface area contributed by atoms with Gasteiger partial charge in [-0.05, 0) is 43.9 Å². The third kappa shape index (κ3) is 2.10. The van der Waals surface area contributed by atoms with Crippen LogP contribution < -0.4 is 0 Å². The highest BCUT2D eigenvalue weighted by molar-refractivity contribution is 5.46. The van der Waals surface area contributed by atoms with Crippen molar-refractivity contribution in [2.24, 2.45) is 0 Å². The molecule has 0 spiro atoms. The van der Waals surface area contributed by atoms with Gasteiger partial charge >= 0.3 is 0 Å². The maximum absolute atomic E-state index is 10.7. The highest BCUT2D eigenvalue weighted by Crippen LogP contribution is 2.23. The van der Waals surface area contributed by atoms with Crippen LogP contribution in [0.15, 0.2) is 12.1 Å². The number of nitro benzene ring substituents is 1. The Kier molecular flexibility index (Phi) is 3.23. The van der Waals surface area contributed by atoms with Crippen LogP contribution in [0, 0.1) is 30.9 Å². The Hall–Kier alpha value is -1.38. The highest BCUT2D eigenvalue weighted by Gasteiger charge is 2.13. The lowest BCUT2D eigenvalue weighted by atomic mass is 10.0. The molecule has 0 fully saturated rings. The van der Waals surface area contributed by atoms with Gasteiger partial charge in [-0.1, -0.05) is 6.92 Å². The number of rotatable bonds is 3. The molecule has 0 bridgehead atoms. The molecule has 3 heteroatoms. The molecule has 0 amide bonds. The van der Waals surface area contributed by atoms with Gasteiger partial charge in [0.05, 0.1) is 4.92 Å². The van der Waals surface area contributed by atoms with Gasteiger partial charge in [-0.15, -0.1) is 0 Å². The van der Waals surface area contributed by atoms with E-state index in [-0.39, 0.29) is 10.6 Å². The van der Waals surface area contributed by atoms with E-state index in [0.29, 0.717) is 12.8 Å². The number of hydrogen-bond donors (Lipinski definition) is 0. The van der Waals surface area contributed by atoms with Crippen LogP contribution >= 0.6 is 0 Å². The molecule has 14 heavy (non-hydrogen) atoms. The van der Waals surface area contributed by atoms with Crippen molar-refractivity contribution < 1.29 is 4.92 Å². The Morgan fingerprint density at radius 3 is 2.43 bits per heavy atom. The van der Waals surface area contributed by atoms with E-state index >= 15 is 0 Å². The third-order valence-electron chi connectivity index (χ3n) is 2.34. The zero-order valence-corrected chi connectivity index (χ0v) is 8.54. The summed E-state index contributed by atoms with van der Waals surface area (Å²) in [5.74, 6) is 0. The molecule has 0 N–H and O–H groups in total. The maximum Gasteiger partial charge on any atom is 0.272 e. The van der Waals surface area contributed by atoms with Gasteiger partial charge in [0.1, 0.15) is 0 Å². The number of nitrogens with zero attached hydrogens (tertiary/aromatic N) is 1. The Balaban J connectivity index is 3.24. The van der Waals surface area contributed by atoms with Gasteiger partial charge in [0, 0.05) is 11.6 Å². The normalized spacial score (nSPS) is 10.2. The lowest BCUT2D eigenvalue weighted by Gasteiger charge is -2.05. The minimum atomic E-state index is -0.322. The van der Waals surface area contributed by atoms with Crippen LogP contribution in [0.5, 0.6) is 0 Å². The van der Waals surface area contributed by atoms with Gasteiger partial charge < -0.3 is 0 Å². The van der Waals surface area contributed by atoms with E-state index in [9.17, 15) is 10.1 Å². The van der Waals surface area contributed by atoms with Gasteiger partial charge in [0.15, 0.2) is 0 Å². The first kappa shape index (κ1) is 10.7. The quantitative estimate of drug-likeness (QED) is 0.545. The first-order valence-corrected chi connectivity index (χ1v) is 4.60. The van der Waals surface area contributed by atoms with E-state index in [0.717, 1.165) is 16.7 Å². The van der Waals surface area contributed by atoms with Crippen LogP contribution in [0.2, 0.25) is 0 Å². The Morgan fingerprint density at radius 2 is 1.93 bits per heavy atom. The van der Waals surface area contributed by atoms with Crippen molar-refractivity contribution in [3.8, 4) is 0 Å². The summed E-state index contributed by atoms with van der Waals surface area (Å²) in [7, 11) is 0. The summed E-state index contributed by atoms with van der Waals surface area (Å²) in [5, 5.41) is 10.7. The highest BCUT2D eigenvalue weighted by atomic mass is 16.6. The number of aryl methyl sites for hydroxylation is 3.